The van der Waals surface area contributed by atoms with E-state index in [4.69, 9.17) is 15.5 Å². The summed E-state index contributed by atoms with van der Waals surface area (Å²) in [5.74, 6) is -0.137. The van der Waals surface area contributed by atoms with Gasteiger partial charge in [0, 0.05) is 37.1 Å². The minimum Gasteiger partial charge on any atom is -0.455 e. The van der Waals surface area contributed by atoms with Crippen LogP contribution in [-0.4, -0.2) is 96.0 Å². The first-order chi connectivity index (χ1) is 25.9. The van der Waals surface area contributed by atoms with Gasteiger partial charge in [0.2, 0.25) is 11.8 Å². The van der Waals surface area contributed by atoms with Gasteiger partial charge in [0.05, 0.1) is 25.2 Å². The lowest BCUT2D eigenvalue weighted by atomic mass is 9.72. The van der Waals surface area contributed by atoms with E-state index in [1.165, 1.54) is 24.8 Å². The standard InChI is InChI=1S/C42H57N7O3S/c1-31-38(33-13-6-3-7-14-33)52-41(45-31)48-24-25-49(37(29-48)39(50)44-27-35-15-10-26-53-35)40(51)36(16-8-9-22-43)46-34-17-19-42(20-18-34)21-23-47(30-42)28-32-11-4-2-5-12-32/h2-7,10-15,26,31,34,36-38,46H,8-9,16-25,27-30,43H2,1H3,(H,44,50)/t31-,34?,36+,37-,38+,42?/m0/s1. The first kappa shape index (κ1) is 37.5. The van der Waals surface area contributed by atoms with Crippen LogP contribution in [0.15, 0.2) is 83.2 Å². The minimum atomic E-state index is -0.670. The zero-order valence-corrected chi connectivity index (χ0v) is 32.0. The van der Waals surface area contributed by atoms with Gasteiger partial charge in [-0.3, -0.25) is 14.5 Å². The molecular formula is C42H57N7O3S. The van der Waals surface area contributed by atoms with Gasteiger partial charge >= 0.3 is 0 Å². The molecule has 0 unspecified atom stereocenters. The normalized spacial score (nSPS) is 26.7. The zero-order chi connectivity index (χ0) is 36.6. The molecule has 11 heteroatoms. The lowest BCUT2D eigenvalue weighted by Crippen LogP contribution is -2.64. The maximum absolute atomic E-state index is 14.7. The fourth-order valence-electron chi connectivity index (χ4n) is 8.84. The van der Waals surface area contributed by atoms with Crippen LogP contribution in [0.2, 0.25) is 0 Å². The first-order valence-corrected chi connectivity index (χ1v) is 20.6. The number of aliphatic imine (C=N–C) groups is 1. The lowest BCUT2D eigenvalue weighted by Gasteiger charge is -2.43. The van der Waals surface area contributed by atoms with Crippen molar-refractivity contribution in [1.82, 2.24) is 25.3 Å². The summed E-state index contributed by atoms with van der Waals surface area (Å²) < 4.78 is 6.45. The van der Waals surface area contributed by atoms with Crippen LogP contribution in [0.5, 0.6) is 0 Å². The van der Waals surface area contributed by atoms with Gasteiger partial charge in [-0.05, 0) is 92.9 Å². The summed E-state index contributed by atoms with van der Waals surface area (Å²) in [5.41, 5.74) is 8.74. The van der Waals surface area contributed by atoms with Crippen molar-refractivity contribution in [2.24, 2.45) is 16.1 Å². The van der Waals surface area contributed by atoms with Crippen molar-refractivity contribution in [2.75, 3.05) is 39.3 Å². The maximum atomic E-state index is 14.7. The third-order valence-corrected chi connectivity index (χ3v) is 12.7. The summed E-state index contributed by atoms with van der Waals surface area (Å²) in [5, 5.41) is 9.00. The average molecular weight is 740 g/mol. The number of likely N-dealkylation sites (tertiary alicyclic amines) is 1. The number of benzene rings is 2. The Kier molecular flexibility index (Phi) is 12.5. The van der Waals surface area contributed by atoms with Crippen molar-refractivity contribution in [2.45, 2.75) is 102 Å². The number of carbonyl (C=O) groups is 2. The van der Waals surface area contributed by atoms with Crippen molar-refractivity contribution in [1.29, 1.82) is 0 Å². The topological polar surface area (TPSA) is 116 Å². The number of nitrogens with zero attached hydrogens (tertiary/aromatic N) is 4. The highest BCUT2D eigenvalue weighted by Crippen LogP contribution is 2.44. The van der Waals surface area contributed by atoms with E-state index in [0.717, 1.165) is 55.8 Å². The van der Waals surface area contributed by atoms with Crippen LogP contribution in [0.3, 0.4) is 0 Å². The Morgan fingerprint density at radius 3 is 2.49 bits per heavy atom. The molecule has 3 fully saturated rings. The van der Waals surface area contributed by atoms with Gasteiger partial charge in [-0.1, -0.05) is 73.2 Å². The molecule has 1 spiro atoms. The second-order valence-electron chi connectivity index (χ2n) is 15.6. The summed E-state index contributed by atoms with van der Waals surface area (Å²) in [6.45, 7) is 7.72. The van der Waals surface area contributed by atoms with Gasteiger partial charge in [-0.25, -0.2) is 4.99 Å². The first-order valence-electron chi connectivity index (χ1n) is 19.8. The lowest BCUT2D eigenvalue weighted by molar-refractivity contribution is -0.145. The maximum Gasteiger partial charge on any atom is 0.288 e. The van der Waals surface area contributed by atoms with E-state index in [2.05, 4.69) is 69.8 Å². The second-order valence-corrected chi connectivity index (χ2v) is 16.6. The number of unbranched alkanes of at least 4 members (excludes halogenated alkanes) is 1. The summed E-state index contributed by atoms with van der Waals surface area (Å²) >= 11 is 1.61. The third kappa shape index (κ3) is 9.31. The summed E-state index contributed by atoms with van der Waals surface area (Å²) in [6, 6.07) is 24.7. The summed E-state index contributed by atoms with van der Waals surface area (Å²) in [6.07, 6.45) is 7.99. The molecule has 0 bridgehead atoms. The molecule has 1 aliphatic carbocycles. The highest BCUT2D eigenvalue weighted by molar-refractivity contribution is 7.09. The molecule has 4 heterocycles. The van der Waals surface area contributed by atoms with Gasteiger partial charge in [0.15, 0.2) is 0 Å². The summed E-state index contributed by atoms with van der Waals surface area (Å²) in [7, 11) is 0. The molecule has 4 atom stereocenters. The number of nitrogens with two attached hydrogens (primary N) is 1. The molecule has 10 nitrogen and oxygen atoms in total. The molecule has 53 heavy (non-hydrogen) atoms. The molecule has 7 rings (SSSR count). The number of nitrogens with one attached hydrogen (secondary N) is 2. The van der Waals surface area contributed by atoms with Crippen LogP contribution in [0.25, 0.3) is 0 Å². The SMILES string of the molecule is C[C@@H]1N=C(N2CCN(C(=O)[C@@H](CCCCN)NC3CCC4(CC3)CCN(Cc3ccccc3)C4)[C@H](C(=O)NCc3cccs3)C2)O[C@H]1c1ccccc1. The Balaban J connectivity index is 1.01. The summed E-state index contributed by atoms with van der Waals surface area (Å²) in [4.78, 5) is 41.2. The number of piperazine rings is 1. The number of hydrogen-bond donors (Lipinski definition) is 3. The number of carbonyl (C=O) groups excluding carboxylic acids is 2. The van der Waals surface area contributed by atoms with Gasteiger partial charge in [-0.2, -0.15) is 0 Å². The van der Waals surface area contributed by atoms with Gasteiger partial charge < -0.3 is 30.9 Å². The number of hydrogen-bond acceptors (Lipinski definition) is 9. The fraction of sp³-hybridized carbons (Fsp3) is 0.548. The van der Waals surface area contributed by atoms with Crippen LogP contribution in [0, 0.1) is 5.41 Å². The van der Waals surface area contributed by atoms with E-state index in [-0.39, 0.29) is 36.0 Å². The van der Waals surface area contributed by atoms with E-state index in [9.17, 15) is 9.59 Å². The number of rotatable bonds is 13. The Labute approximate surface area is 319 Å². The van der Waals surface area contributed by atoms with E-state index in [1.54, 1.807) is 11.3 Å². The molecule has 3 aromatic rings. The predicted octanol–water partition coefficient (Wildman–Crippen LogP) is 5.32. The van der Waals surface area contributed by atoms with Gasteiger partial charge in [-0.15, -0.1) is 11.3 Å². The van der Waals surface area contributed by atoms with Crippen LogP contribution < -0.4 is 16.4 Å². The van der Waals surface area contributed by atoms with E-state index in [1.807, 2.05) is 40.6 Å². The molecule has 1 aromatic heterocycles. The monoisotopic (exact) mass is 739 g/mol. The molecule has 0 radical (unpaired) electrons. The average Bonchev–Trinajstić information content (AvgIpc) is 3.95. The fourth-order valence-corrected chi connectivity index (χ4v) is 9.49. The zero-order valence-electron chi connectivity index (χ0n) is 31.2. The highest BCUT2D eigenvalue weighted by atomic mass is 32.1. The van der Waals surface area contributed by atoms with Crippen molar-refractivity contribution in [3.63, 3.8) is 0 Å². The third-order valence-electron chi connectivity index (χ3n) is 11.9. The van der Waals surface area contributed by atoms with Crippen LogP contribution in [0.4, 0.5) is 0 Å². The largest absolute Gasteiger partial charge is 0.455 e. The van der Waals surface area contributed by atoms with E-state index in [0.29, 0.717) is 50.6 Å². The van der Waals surface area contributed by atoms with Crippen LogP contribution in [0.1, 0.15) is 80.4 Å². The molecule has 1 saturated carbocycles. The minimum absolute atomic E-state index is 0.0120. The van der Waals surface area contributed by atoms with Crippen molar-refractivity contribution in [3.05, 3.63) is 94.2 Å². The Hall–Kier alpha value is -3.77. The molecule has 2 amide bonds. The van der Waals surface area contributed by atoms with Crippen LogP contribution >= 0.6 is 11.3 Å². The molecule has 4 aliphatic rings. The number of amidine groups is 1. The van der Waals surface area contributed by atoms with Crippen molar-refractivity contribution < 1.29 is 14.3 Å². The smallest absolute Gasteiger partial charge is 0.288 e. The van der Waals surface area contributed by atoms with E-state index < -0.39 is 6.04 Å². The van der Waals surface area contributed by atoms with Crippen LogP contribution in [-0.2, 0) is 27.4 Å². The Bertz CT molecular complexity index is 1650. The quantitative estimate of drug-likeness (QED) is 0.204. The van der Waals surface area contributed by atoms with Gasteiger partial charge in [0.1, 0.15) is 12.1 Å². The second kappa shape index (κ2) is 17.6. The van der Waals surface area contributed by atoms with Crippen molar-refractivity contribution in [3.8, 4) is 0 Å². The number of amides is 2. The molecule has 3 aliphatic heterocycles. The molecular weight excluding hydrogens is 683 g/mol. The predicted molar refractivity (Wildman–Crippen MR) is 211 cm³/mol. The highest BCUT2D eigenvalue weighted by Gasteiger charge is 2.44. The molecule has 2 saturated heterocycles. The Morgan fingerprint density at radius 2 is 1.75 bits per heavy atom. The molecule has 2 aromatic carbocycles. The Morgan fingerprint density at radius 1 is 0.981 bits per heavy atom. The van der Waals surface area contributed by atoms with Crippen molar-refractivity contribution >= 4 is 29.2 Å². The number of thiophene rings is 1. The van der Waals surface area contributed by atoms with E-state index >= 15 is 0 Å². The van der Waals surface area contributed by atoms with Gasteiger partial charge in [0.25, 0.3) is 6.02 Å². The molecule has 284 valence electrons. The number of ether oxygens (including phenoxy) is 1. The molecule has 4 N–H and O–H groups in total.